The van der Waals surface area contributed by atoms with Gasteiger partial charge in [0.25, 0.3) is 5.91 Å². The number of carbonyl (C=O) groups excluding carboxylic acids is 1. The van der Waals surface area contributed by atoms with Crippen molar-refractivity contribution in [3.8, 4) is 11.5 Å². The van der Waals surface area contributed by atoms with Crippen LogP contribution in [0.5, 0.6) is 11.5 Å². The summed E-state index contributed by atoms with van der Waals surface area (Å²) in [6, 6.07) is 23.7. The first-order valence-corrected chi connectivity index (χ1v) is 13.6. The fourth-order valence-electron chi connectivity index (χ4n) is 6.55. The lowest BCUT2D eigenvalue weighted by Gasteiger charge is -2.50. The molecule has 3 aromatic carbocycles. The predicted molar refractivity (Wildman–Crippen MR) is 151 cm³/mol. The van der Waals surface area contributed by atoms with Crippen LogP contribution in [0.2, 0.25) is 0 Å². The lowest BCUT2D eigenvalue weighted by atomic mass is 9.68. The molecule has 0 aliphatic carbocycles. The third-order valence-corrected chi connectivity index (χ3v) is 8.59. The Hall–Kier alpha value is -3.81. The second-order valence-electron chi connectivity index (χ2n) is 10.7. The van der Waals surface area contributed by atoms with Gasteiger partial charge < -0.3 is 24.5 Å². The summed E-state index contributed by atoms with van der Waals surface area (Å²) in [6.45, 7) is 2.92. The average molecular weight is 526 g/mol. The minimum Gasteiger partial charge on any atom is -0.497 e. The molecule has 0 bridgehead atoms. The highest BCUT2D eigenvalue weighted by Gasteiger charge is 2.47. The Morgan fingerprint density at radius 1 is 0.974 bits per heavy atom. The minimum absolute atomic E-state index is 0.0157. The maximum atomic E-state index is 13.3. The first-order valence-electron chi connectivity index (χ1n) is 13.6. The van der Waals surface area contributed by atoms with E-state index in [0.29, 0.717) is 19.6 Å². The van der Waals surface area contributed by atoms with E-state index in [4.69, 9.17) is 9.47 Å². The molecule has 0 radical (unpaired) electrons. The molecule has 1 saturated heterocycles. The maximum absolute atomic E-state index is 13.3. The Labute approximate surface area is 229 Å². The lowest BCUT2D eigenvalue weighted by molar-refractivity contribution is 0.0387. The number of ether oxygens (including phenoxy) is 2. The Bertz CT molecular complexity index is 1460. The number of nitrogens with zero attached hydrogens (tertiary/aromatic N) is 2. The Kier molecular flexibility index (Phi) is 6.79. The van der Waals surface area contributed by atoms with Crippen molar-refractivity contribution in [3.63, 3.8) is 0 Å². The Balaban J connectivity index is 1.37. The molecule has 7 heteroatoms. The third kappa shape index (κ3) is 4.56. The first kappa shape index (κ1) is 25.5. The highest BCUT2D eigenvalue weighted by atomic mass is 16.5. The van der Waals surface area contributed by atoms with Crippen LogP contribution in [0.4, 0.5) is 0 Å². The quantitative estimate of drug-likeness (QED) is 0.374. The number of hydrogen-bond acceptors (Lipinski definition) is 5. The Morgan fingerprint density at radius 3 is 2.33 bits per heavy atom. The monoisotopic (exact) mass is 525 g/mol. The molecule has 1 fully saturated rings. The molecule has 6 rings (SSSR count). The van der Waals surface area contributed by atoms with Crippen molar-refractivity contribution in [2.45, 2.75) is 30.8 Å². The minimum atomic E-state index is -0.157. The molecule has 4 aromatic rings. The van der Waals surface area contributed by atoms with Crippen molar-refractivity contribution in [1.82, 2.24) is 14.8 Å². The van der Waals surface area contributed by atoms with Crippen molar-refractivity contribution >= 4 is 16.8 Å². The van der Waals surface area contributed by atoms with Crippen molar-refractivity contribution in [3.05, 3.63) is 95.2 Å². The number of carbonyl (C=O) groups is 1. The number of fused-ring (bicyclic) bond motifs is 4. The maximum Gasteiger partial charge on any atom is 0.253 e. The van der Waals surface area contributed by atoms with Crippen LogP contribution in [0, 0.1) is 0 Å². The molecule has 202 valence electrons. The zero-order chi connectivity index (χ0) is 27.0. The number of aliphatic hydroxyl groups is 1. The number of H-pyrrole nitrogens is 1. The van der Waals surface area contributed by atoms with Gasteiger partial charge in [-0.2, -0.15) is 0 Å². The predicted octanol–water partition coefficient (Wildman–Crippen LogP) is 4.91. The molecule has 1 aromatic heterocycles. The molecule has 1 amide bonds. The molecule has 39 heavy (non-hydrogen) atoms. The summed E-state index contributed by atoms with van der Waals surface area (Å²) in [5.41, 5.74) is 5.14. The van der Waals surface area contributed by atoms with Gasteiger partial charge in [0.15, 0.2) is 0 Å². The number of nitrogens with one attached hydrogen (secondary N) is 1. The van der Waals surface area contributed by atoms with Crippen LogP contribution < -0.4 is 9.47 Å². The second-order valence-corrected chi connectivity index (χ2v) is 10.7. The number of benzene rings is 3. The van der Waals surface area contributed by atoms with Crippen LogP contribution in [0.1, 0.15) is 46.1 Å². The molecule has 7 nitrogen and oxygen atoms in total. The summed E-state index contributed by atoms with van der Waals surface area (Å²) in [5, 5.41) is 11.8. The molecule has 3 heterocycles. The van der Waals surface area contributed by atoms with Crippen LogP contribution in [0.15, 0.2) is 72.8 Å². The topological polar surface area (TPSA) is 78.0 Å². The van der Waals surface area contributed by atoms with Crippen LogP contribution in [-0.2, 0) is 12.0 Å². The number of amides is 1. The average Bonchev–Trinajstić information content (AvgIpc) is 3.38. The van der Waals surface area contributed by atoms with E-state index in [1.165, 1.54) is 16.5 Å². The molecule has 2 aliphatic heterocycles. The smallest absolute Gasteiger partial charge is 0.253 e. The highest BCUT2D eigenvalue weighted by molar-refractivity contribution is 5.94. The van der Waals surface area contributed by atoms with Crippen molar-refractivity contribution in [1.29, 1.82) is 0 Å². The molecule has 0 saturated carbocycles. The number of aromatic nitrogens is 1. The van der Waals surface area contributed by atoms with Gasteiger partial charge >= 0.3 is 0 Å². The number of aliphatic hydroxyl groups excluding tert-OH is 1. The summed E-state index contributed by atoms with van der Waals surface area (Å²) < 4.78 is 10.9. The number of likely N-dealkylation sites (tertiary alicyclic amines) is 1. The van der Waals surface area contributed by atoms with Crippen LogP contribution >= 0.6 is 0 Å². The molecule has 1 atom stereocenters. The van der Waals surface area contributed by atoms with Gasteiger partial charge in [-0.25, -0.2) is 0 Å². The first-order chi connectivity index (χ1) is 19.0. The van der Waals surface area contributed by atoms with Gasteiger partial charge in [0.1, 0.15) is 11.5 Å². The summed E-state index contributed by atoms with van der Waals surface area (Å²) >= 11 is 0. The number of hydrogen-bond donors (Lipinski definition) is 2. The second kappa shape index (κ2) is 10.4. The summed E-state index contributed by atoms with van der Waals surface area (Å²) in [4.78, 5) is 21.3. The normalized spacial score (nSPS) is 18.7. The summed E-state index contributed by atoms with van der Waals surface area (Å²) in [7, 11) is 3.35. The van der Waals surface area contributed by atoms with Gasteiger partial charge in [-0.3, -0.25) is 9.69 Å². The van der Waals surface area contributed by atoms with Gasteiger partial charge in [0.2, 0.25) is 0 Å². The molecule has 0 unspecified atom stereocenters. The van der Waals surface area contributed by atoms with Gasteiger partial charge in [-0.05, 0) is 60.4 Å². The SMILES string of the molecule is COc1ccc(CN2CC3(CCN(C(=O)c4ccccc4)CC3)c3c([nH]c4cc(OC)ccc34)[C@@H]2CO)cc1. The number of piperidine rings is 1. The number of methoxy groups -OCH3 is 2. The van der Waals surface area contributed by atoms with Gasteiger partial charge in [0.05, 0.1) is 26.9 Å². The molecule has 1 spiro atoms. The van der Waals surface area contributed by atoms with Crippen LogP contribution in [-0.4, -0.2) is 66.3 Å². The zero-order valence-electron chi connectivity index (χ0n) is 22.5. The fourth-order valence-corrected chi connectivity index (χ4v) is 6.55. The van der Waals surface area contributed by atoms with E-state index < -0.39 is 0 Å². The van der Waals surface area contributed by atoms with E-state index in [0.717, 1.165) is 47.7 Å². The van der Waals surface area contributed by atoms with E-state index in [1.807, 2.05) is 59.5 Å². The van der Waals surface area contributed by atoms with E-state index in [9.17, 15) is 9.90 Å². The van der Waals surface area contributed by atoms with Crippen LogP contribution in [0.3, 0.4) is 0 Å². The summed E-state index contributed by atoms with van der Waals surface area (Å²) in [6.07, 6.45) is 1.71. The van der Waals surface area contributed by atoms with E-state index in [1.54, 1.807) is 14.2 Å². The van der Waals surface area contributed by atoms with Crippen molar-refractivity contribution in [2.24, 2.45) is 0 Å². The molecule has 2 aliphatic rings. The third-order valence-electron chi connectivity index (χ3n) is 8.59. The molecule has 2 N–H and O–H groups in total. The highest BCUT2D eigenvalue weighted by Crippen LogP contribution is 2.49. The molecular formula is C32H35N3O4. The van der Waals surface area contributed by atoms with E-state index in [2.05, 4.69) is 28.1 Å². The van der Waals surface area contributed by atoms with Gasteiger partial charge in [-0.15, -0.1) is 0 Å². The van der Waals surface area contributed by atoms with Crippen LogP contribution in [0.25, 0.3) is 10.9 Å². The standard InChI is InChI=1S/C32H35N3O4/c1-38-24-10-8-22(9-11-24)19-35-21-32(14-16-34(17-15-32)31(37)23-6-4-3-5-7-23)29-26-13-12-25(39-2)18-27(26)33-30(29)28(35)20-36/h3-13,18,28,33,36H,14-17,19-21H2,1-2H3/t28-/m0/s1. The largest absolute Gasteiger partial charge is 0.497 e. The van der Waals surface area contributed by atoms with Gasteiger partial charge in [0, 0.05) is 59.8 Å². The van der Waals surface area contributed by atoms with E-state index >= 15 is 0 Å². The van der Waals surface area contributed by atoms with Crippen molar-refractivity contribution < 1.29 is 19.4 Å². The zero-order valence-corrected chi connectivity index (χ0v) is 22.5. The summed E-state index contributed by atoms with van der Waals surface area (Å²) in [5.74, 6) is 1.72. The van der Waals surface area contributed by atoms with Crippen molar-refractivity contribution in [2.75, 3.05) is 40.5 Å². The molecular weight excluding hydrogens is 490 g/mol. The fraction of sp³-hybridized carbons (Fsp3) is 0.344. The number of rotatable bonds is 6. The Morgan fingerprint density at radius 2 is 1.67 bits per heavy atom. The van der Waals surface area contributed by atoms with E-state index in [-0.39, 0.29) is 24.0 Å². The number of aromatic amines is 1. The lowest BCUT2D eigenvalue weighted by Crippen LogP contribution is -2.54. The van der Waals surface area contributed by atoms with Gasteiger partial charge in [-0.1, -0.05) is 30.3 Å².